The summed E-state index contributed by atoms with van der Waals surface area (Å²) >= 11 is 0. The highest BCUT2D eigenvalue weighted by molar-refractivity contribution is 5.94. The van der Waals surface area contributed by atoms with Crippen molar-refractivity contribution in [2.24, 2.45) is 0 Å². The number of likely N-dealkylation sites (tertiary alicyclic amines) is 1. The van der Waals surface area contributed by atoms with Crippen molar-refractivity contribution in [3.63, 3.8) is 0 Å². The number of rotatable bonds is 4. The summed E-state index contributed by atoms with van der Waals surface area (Å²) in [7, 11) is 0. The van der Waals surface area contributed by atoms with Crippen LogP contribution in [0.4, 0.5) is 5.82 Å². The van der Waals surface area contributed by atoms with Gasteiger partial charge in [-0.3, -0.25) is 9.59 Å². The van der Waals surface area contributed by atoms with E-state index in [0.29, 0.717) is 29.7 Å². The molecule has 0 radical (unpaired) electrons. The quantitative estimate of drug-likeness (QED) is 0.444. The highest BCUT2D eigenvalue weighted by atomic mass is 16.5. The average Bonchev–Trinajstić information content (AvgIpc) is 3.30. The maximum atomic E-state index is 12.9. The van der Waals surface area contributed by atoms with E-state index in [1.807, 2.05) is 65.4 Å². The molecule has 8 nitrogen and oxygen atoms in total. The highest BCUT2D eigenvalue weighted by Crippen LogP contribution is 2.35. The van der Waals surface area contributed by atoms with Crippen LogP contribution >= 0.6 is 0 Å². The van der Waals surface area contributed by atoms with Gasteiger partial charge >= 0.3 is 0 Å². The Bertz CT molecular complexity index is 1490. The number of carbonyl (C=O) groups is 1. The minimum absolute atomic E-state index is 0.0151. The van der Waals surface area contributed by atoms with Crippen LogP contribution in [0.5, 0.6) is 11.5 Å². The number of anilines is 1. The van der Waals surface area contributed by atoms with Gasteiger partial charge in [0, 0.05) is 30.9 Å². The van der Waals surface area contributed by atoms with E-state index in [4.69, 9.17) is 10.5 Å². The summed E-state index contributed by atoms with van der Waals surface area (Å²) in [5.41, 5.74) is 8.16. The van der Waals surface area contributed by atoms with Gasteiger partial charge < -0.3 is 19.9 Å². The number of nitrogens with zero attached hydrogens (tertiary/aromatic N) is 3. The van der Waals surface area contributed by atoms with Crippen molar-refractivity contribution in [3.8, 4) is 29.0 Å². The molecule has 2 aromatic heterocycles. The second-order valence-corrected chi connectivity index (χ2v) is 8.49. The summed E-state index contributed by atoms with van der Waals surface area (Å²) in [5.74, 6) is 6.77. The molecule has 0 saturated carbocycles. The van der Waals surface area contributed by atoms with Crippen molar-refractivity contribution in [1.29, 1.82) is 0 Å². The van der Waals surface area contributed by atoms with Crippen LogP contribution in [0.3, 0.4) is 0 Å². The molecule has 1 fully saturated rings. The van der Waals surface area contributed by atoms with Crippen LogP contribution in [0.15, 0.2) is 65.6 Å². The maximum absolute atomic E-state index is 12.9. The number of aromatic nitrogens is 3. The number of para-hydroxylation sites is 1. The fourth-order valence-corrected chi connectivity index (χ4v) is 4.65. The Kier molecular flexibility index (Phi) is 5.98. The molecule has 0 spiro atoms. The molecule has 0 bridgehead atoms. The van der Waals surface area contributed by atoms with Crippen LogP contribution < -0.4 is 16.0 Å². The molecule has 5 rings (SSSR count). The van der Waals surface area contributed by atoms with E-state index in [2.05, 4.69) is 22.0 Å². The van der Waals surface area contributed by atoms with Crippen molar-refractivity contribution >= 4 is 22.6 Å². The van der Waals surface area contributed by atoms with Crippen LogP contribution in [0.1, 0.15) is 31.2 Å². The number of hydrogen-bond donors (Lipinski definition) is 2. The molecule has 1 atom stereocenters. The van der Waals surface area contributed by atoms with Gasteiger partial charge in [-0.05, 0) is 67.6 Å². The van der Waals surface area contributed by atoms with E-state index < -0.39 is 0 Å². The lowest BCUT2D eigenvalue weighted by atomic mass is 9.90. The lowest BCUT2D eigenvalue weighted by molar-refractivity contribution is -0.126. The van der Waals surface area contributed by atoms with E-state index in [9.17, 15) is 9.59 Å². The van der Waals surface area contributed by atoms with Crippen LogP contribution in [-0.2, 0) is 4.79 Å². The lowest BCUT2D eigenvalue weighted by Gasteiger charge is -2.31. The first-order valence-electron chi connectivity index (χ1n) is 11.5. The van der Waals surface area contributed by atoms with Gasteiger partial charge in [0.2, 0.25) is 0 Å². The number of nitrogens with two attached hydrogens (primary N) is 1. The predicted octanol–water partition coefficient (Wildman–Crippen LogP) is 3.82. The van der Waals surface area contributed by atoms with Crippen molar-refractivity contribution in [2.75, 3.05) is 18.8 Å². The number of nitrogen functional groups attached to an aromatic ring is 1. The third kappa shape index (κ3) is 4.36. The third-order valence-electron chi connectivity index (χ3n) is 6.26. The zero-order valence-electron chi connectivity index (χ0n) is 19.3. The van der Waals surface area contributed by atoms with Crippen LogP contribution in [0.2, 0.25) is 0 Å². The fourth-order valence-electron chi connectivity index (χ4n) is 4.65. The van der Waals surface area contributed by atoms with Gasteiger partial charge in [-0.25, -0.2) is 5.10 Å². The Morgan fingerprint density at radius 2 is 1.89 bits per heavy atom. The molecule has 1 aliphatic rings. The molecule has 0 aliphatic carbocycles. The highest BCUT2D eigenvalue weighted by Gasteiger charge is 2.28. The summed E-state index contributed by atoms with van der Waals surface area (Å²) in [4.78, 5) is 27.0. The van der Waals surface area contributed by atoms with E-state index in [0.717, 1.165) is 29.8 Å². The Morgan fingerprint density at radius 1 is 1.14 bits per heavy atom. The largest absolute Gasteiger partial charge is 0.457 e. The van der Waals surface area contributed by atoms with E-state index in [1.165, 1.54) is 0 Å². The smallest absolute Gasteiger partial charge is 0.298 e. The normalized spacial score (nSPS) is 15.5. The monoisotopic (exact) mass is 467 g/mol. The maximum Gasteiger partial charge on any atom is 0.298 e. The number of nitrogens with one attached hydrogen (secondary N) is 1. The molecule has 1 saturated heterocycles. The SMILES string of the molecule is CC#CC(=O)N1CCCC(c2cn(-c3ccc(Oc4ccccc4)cc3)c3c(N)n[nH]c(=O)c23)C1. The summed E-state index contributed by atoms with van der Waals surface area (Å²) in [5, 5.41) is 7.02. The predicted molar refractivity (Wildman–Crippen MR) is 135 cm³/mol. The third-order valence-corrected chi connectivity index (χ3v) is 6.26. The molecule has 4 aromatic rings. The summed E-state index contributed by atoms with van der Waals surface area (Å²) in [6.45, 7) is 2.81. The molecule has 176 valence electrons. The minimum Gasteiger partial charge on any atom is -0.457 e. The van der Waals surface area contributed by atoms with Gasteiger partial charge in [0.05, 0.1) is 5.39 Å². The molecule has 2 aromatic carbocycles. The minimum atomic E-state index is -0.302. The molecular weight excluding hydrogens is 442 g/mol. The standard InChI is InChI=1S/C27H25N5O3/c1-2-7-23(33)31-15-6-8-18(16-31)22-17-32(25-24(22)27(34)30-29-26(25)28)19-11-13-21(14-12-19)35-20-9-4-3-5-10-20/h3-5,9-14,17-18H,6,8,15-16H2,1H3,(H2,28,29)(H,30,34). The summed E-state index contributed by atoms with van der Waals surface area (Å²) < 4.78 is 7.79. The van der Waals surface area contributed by atoms with E-state index in [1.54, 1.807) is 11.8 Å². The fraction of sp³-hybridized carbons (Fsp3) is 0.222. The second kappa shape index (κ2) is 9.39. The molecule has 1 amide bonds. The molecular formula is C27H25N5O3. The number of fused-ring (bicyclic) bond motifs is 1. The number of amides is 1. The zero-order chi connectivity index (χ0) is 24.4. The molecule has 35 heavy (non-hydrogen) atoms. The van der Waals surface area contributed by atoms with Gasteiger partial charge in [-0.1, -0.05) is 24.1 Å². The zero-order valence-corrected chi connectivity index (χ0v) is 19.3. The van der Waals surface area contributed by atoms with Crippen molar-refractivity contribution < 1.29 is 9.53 Å². The Balaban J connectivity index is 1.53. The average molecular weight is 468 g/mol. The molecule has 8 heteroatoms. The second-order valence-electron chi connectivity index (χ2n) is 8.49. The molecule has 3 heterocycles. The van der Waals surface area contributed by atoms with Crippen LogP contribution in [0, 0.1) is 11.8 Å². The van der Waals surface area contributed by atoms with Gasteiger partial charge in [0.25, 0.3) is 11.5 Å². The molecule has 1 aliphatic heterocycles. The number of ether oxygens (including phenoxy) is 1. The Morgan fingerprint density at radius 3 is 2.63 bits per heavy atom. The lowest BCUT2D eigenvalue weighted by Crippen LogP contribution is -2.38. The van der Waals surface area contributed by atoms with Gasteiger partial charge in [-0.2, -0.15) is 5.10 Å². The first kappa shape index (κ1) is 22.3. The molecule has 3 N–H and O–H groups in total. The van der Waals surface area contributed by atoms with Gasteiger partial charge in [-0.15, -0.1) is 0 Å². The van der Waals surface area contributed by atoms with Gasteiger partial charge in [0.1, 0.15) is 17.0 Å². The van der Waals surface area contributed by atoms with Crippen molar-refractivity contribution in [3.05, 3.63) is 76.7 Å². The Hall–Kier alpha value is -4.51. The van der Waals surface area contributed by atoms with E-state index in [-0.39, 0.29) is 23.2 Å². The van der Waals surface area contributed by atoms with Gasteiger partial charge in [0.15, 0.2) is 5.82 Å². The first-order chi connectivity index (χ1) is 17.0. The molecule has 1 unspecified atom stereocenters. The summed E-state index contributed by atoms with van der Waals surface area (Å²) in [6.07, 6.45) is 3.63. The van der Waals surface area contributed by atoms with Crippen molar-refractivity contribution in [1.82, 2.24) is 19.7 Å². The number of H-pyrrole nitrogens is 1. The van der Waals surface area contributed by atoms with Crippen molar-refractivity contribution in [2.45, 2.75) is 25.7 Å². The van der Waals surface area contributed by atoms with Crippen LogP contribution in [-0.4, -0.2) is 38.7 Å². The number of aromatic amines is 1. The number of hydrogen-bond acceptors (Lipinski definition) is 5. The topological polar surface area (TPSA) is 106 Å². The number of piperidine rings is 1. The number of benzene rings is 2. The first-order valence-corrected chi connectivity index (χ1v) is 11.5. The number of carbonyl (C=O) groups excluding carboxylic acids is 1. The van der Waals surface area contributed by atoms with Crippen LogP contribution in [0.25, 0.3) is 16.6 Å². The Labute approximate surface area is 202 Å². The van der Waals surface area contributed by atoms with E-state index >= 15 is 0 Å². The summed E-state index contributed by atoms with van der Waals surface area (Å²) in [6, 6.07) is 17.1.